The second kappa shape index (κ2) is 4.35. The molecule has 0 aromatic carbocycles. The molecule has 2 rings (SSSR count). The summed E-state index contributed by atoms with van der Waals surface area (Å²) in [6.07, 6.45) is 1.84. The van der Waals surface area contributed by atoms with Crippen LogP contribution < -0.4 is 0 Å². The molecule has 0 spiro atoms. The zero-order valence-corrected chi connectivity index (χ0v) is 10.7. The quantitative estimate of drug-likeness (QED) is 0.721. The molecule has 18 heavy (non-hydrogen) atoms. The molecule has 100 valence electrons. The fraction of sp³-hybridized carbons (Fsp3) is 0.750. The van der Waals surface area contributed by atoms with Gasteiger partial charge in [-0.1, -0.05) is 6.92 Å². The Bertz CT molecular complexity index is 409. The third kappa shape index (κ3) is 1.63. The molecular weight excluding hydrogens is 236 g/mol. The van der Waals surface area contributed by atoms with Crippen LogP contribution in [0.2, 0.25) is 0 Å². The highest BCUT2D eigenvalue weighted by molar-refractivity contribution is 6.05. The second-order valence-corrected chi connectivity index (χ2v) is 5.00. The van der Waals surface area contributed by atoms with E-state index in [4.69, 9.17) is 0 Å². The van der Waals surface area contributed by atoms with Crippen molar-refractivity contribution in [1.29, 1.82) is 0 Å². The minimum Gasteiger partial charge on any atom is -0.480 e. The summed E-state index contributed by atoms with van der Waals surface area (Å²) in [6.45, 7) is 2.38. The van der Waals surface area contributed by atoms with Crippen LogP contribution in [0.25, 0.3) is 0 Å². The Morgan fingerprint density at radius 2 is 2.17 bits per heavy atom. The first-order chi connectivity index (χ1) is 8.44. The average Bonchev–Trinajstić information content (AvgIpc) is 2.87. The van der Waals surface area contributed by atoms with E-state index in [0.717, 1.165) is 11.3 Å². The Morgan fingerprint density at radius 1 is 1.50 bits per heavy atom. The van der Waals surface area contributed by atoms with Gasteiger partial charge in [0.25, 0.3) is 0 Å². The van der Waals surface area contributed by atoms with E-state index in [1.54, 1.807) is 4.90 Å². The van der Waals surface area contributed by atoms with Crippen molar-refractivity contribution in [2.45, 2.75) is 44.2 Å². The lowest BCUT2D eigenvalue weighted by Gasteiger charge is -2.36. The molecule has 0 bridgehead atoms. The maximum Gasteiger partial charge on any atom is 0.324 e. The van der Waals surface area contributed by atoms with Crippen LogP contribution in [0.5, 0.6) is 0 Å². The molecule has 2 unspecified atom stereocenters. The standard InChI is InChI=1S/C12H18N2O4/c1-3-12(11(17)18)5-4-6-14(12)8-7-9(15)13(2)10(8)16/h8H,3-7H2,1-2H3,(H,17,18). The van der Waals surface area contributed by atoms with Crippen LogP contribution in [0.3, 0.4) is 0 Å². The molecule has 0 aromatic rings. The van der Waals surface area contributed by atoms with E-state index in [-0.39, 0.29) is 18.2 Å². The summed E-state index contributed by atoms with van der Waals surface area (Å²) in [7, 11) is 1.45. The van der Waals surface area contributed by atoms with Gasteiger partial charge in [-0.2, -0.15) is 0 Å². The minimum absolute atomic E-state index is 0.102. The average molecular weight is 254 g/mol. The van der Waals surface area contributed by atoms with Gasteiger partial charge in [0.15, 0.2) is 0 Å². The lowest BCUT2D eigenvalue weighted by Crippen LogP contribution is -2.56. The van der Waals surface area contributed by atoms with Crippen LogP contribution in [-0.4, -0.2) is 57.9 Å². The lowest BCUT2D eigenvalue weighted by molar-refractivity contribution is -0.153. The van der Waals surface area contributed by atoms with E-state index in [2.05, 4.69) is 0 Å². The van der Waals surface area contributed by atoms with E-state index >= 15 is 0 Å². The summed E-state index contributed by atoms with van der Waals surface area (Å²) in [6, 6.07) is -0.596. The molecule has 6 heteroatoms. The molecule has 0 radical (unpaired) electrons. The number of amides is 2. The van der Waals surface area contributed by atoms with Crippen molar-refractivity contribution in [3.63, 3.8) is 0 Å². The Hall–Kier alpha value is -1.43. The van der Waals surface area contributed by atoms with Crippen molar-refractivity contribution in [2.75, 3.05) is 13.6 Å². The number of aliphatic carboxylic acids is 1. The minimum atomic E-state index is -0.980. The van der Waals surface area contributed by atoms with Gasteiger partial charge in [0.2, 0.25) is 11.8 Å². The van der Waals surface area contributed by atoms with Crippen LogP contribution in [0, 0.1) is 0 Å². The first-order valence-corrected chi connectivity index (χ1v) is 6.24. The highest BCUT2D eigenvalue weighted by atomic mass is 16.4. The molecule has 0 aliphatic carbocycles. The van der Waals surface area contributed by atoms with E-state index in [1.165, 1.54) is 7.05 Å². The number of carboxylic acid groups (broad SMARTS) is 1. The number of carbonyl (C=O) groups excluding carboxylic acids is 2. The maximum atomic E-state index is 12.0. The van der Waals surface area contributed by atoms with E-state index in [1.807, 2.05) is 6.92 Å². The Kier molecular flexibility index (Phi) is 3.14. The summed E-state index contributed by atoms with van der Waals surface area (Å²) in [4.78, 5) is 37.9. The third-order valence-corrected chi connectivity index (χ3v) is 4.26. The smallest absolute Gasteiger partial charge is 0.324 e. The van der Waals surface area contributed by atoms with E-state index in [0.29, 0.717) is 19.4 Å². The van der Waals surface area contributed by atoms with Crippen molar-refractivity contribution in [1.82, 2.24) is 9.80 Å². The summed E-state index contributed by atoms with van der Waals surface area (Å²) in [5, 5.41) is 9.46. The van der Waals surface area contributed by atoms with Crippen LogP contribution in [-0.2, 0) is 14.4 Å². The normalized spacial score (nSPS) is 33.4. The van der Waals surface area contributed by atoms with Gasteiger partial charge in [-0.3, -0.25) is 24.2 Å². The fourth-order valence-corrected chi connectivity index (χ4v) is 3.09. The highest BCUT2D eigenvalue weighted by Crippen LogP contribution is 2.37. The van der Waals surface area contributed by atoms with Crippen LogP contribution in [0.15, 0.2) is 0 Å². The van der Waals surface area contributed by atoms with Gasteiger partial charge in [0, 0.05) is 13.6 Å². The molecule has 0 aromatic heterocycles. The third-order valence-electron chi connectivity index (χ3n) is 4.26. The molecular formula is C12H18N2O4. The Morgan fingerprint density at radius 3 is 2.61 bits per heavy atom. The molecule has 1 N–H and O–H groups in total. The summed E-state index contributed by atoms with van der Waals surface area (Å²) < 4.78 is 0. The van der Waals surface area contributed by atoms with Crippen molar-refractivity contribution in [3.8, 4) is 0 Å². The largest absolute Gasteiger partial charge is 0.480 e. The molecule has 2 fully saturated rings. The number of likely N-dealkylation sites (tertiary alicyclic amines) is 2. The number of likely N-dealkylation sites (N-methyl/N-ethyl adjacent to an activating group) is 1. The topological polar surface area (TPSA) is 77.9 Å². The molecule has 0 saturated carbocycles. The lowest BCUT2D eigenvalue weighted by atomic mass is 9.91. The predicted molar refractivity (Wildman–Crippen MR) is 62.8 cm³/mol. The first-order valence-electron chi connectivity index (χ1n) is 6.24. The van der Waals surface area contributed by atoms with E-state index < -0.39 is 17.6 Å². The Balaban J connectivity index is 2.30. The van der Waals surface area contributed by atoms with Gasteiger partial charge in [-0.05, 0) is 19.3 Å². The molecule has 2 saturated heterocycles. The van der Waals surface area contributed by atoms with Crippen molar-refractivity contribution in [3.05, 3.63) is 0 Å². The Labute approximate surface area is 106 Å². The van der Waals surface area contributed by atoms with Crippen LogP contribution in [0.1, 0.15) is 32.6 Å². The highest BCUT2D eigenvalue weighted by Gasteiger charge is 2.53. The number of carboxylic acids is 1. The monoisotopic (exact) mass is 254 g/mol. The SMILES string of the molecule is CCC1(C(=O)O)CCCN1C1CC(=O)N(C)C1=O. The van der Waals surface area contributed by atoms with Gasteiger partial charge in [-0.15, -0.1) is 0 Å². The fourth-order valence-electron chi connectivity index (χ4n) is 3.09. The van der Waals surface area contributed by atoms with Crippen molar-refractivity contribution < 1.29 is 19.5 Å². The van der Waals surface area contributed by atoms with Crippen LogP contribution in [0.4, 0.5) is 0 Å². The summed E-state index contributed by atoms with van der Waals surface area (Å²) in [5.41, 5.74) is -0.980. The molecule has 2 aliphatic rings. The molecule has 2 amide bonds. The molecule has 6 nitrogen and oxygen atoms in total. The zero-order chi connectivity index (χ0) is 13.5. The number of imide groups is 1. The number of rotatable bonds is 3. The van der Waals surface area contributed by atoms with Crippen molar-refractivity contribution in [2.24, 2.45) is 0 Å². The number of hydrogen-bond donors (Lipinski definition) is 1. The summed E-state index contributed by atoms with van der Waals surface area (Å²) >= 11 is 0. The van der Waals surface area contributed by atoms with Crippen LogP contribution >= 0.6 is 0 Å². The molecule has 2 aliphatic heterocycles. The summed E-state index contributed by atoms with van der Waals surface area (Å²) in [5.74, 6) is -1.40. The molecule has 2 atom stereocenters. The number of nitrogens with zero attached hydrogens (tertiary/aromatic N) is 2. The molecule has 2 heterocycles. The first kappa shape index (κ1) is 13.0. The van der Waals surface area contributed by atoms with Gasteiger partial charge in [-0.25, -0.2) is 0 Å². The van der Waals surface area contributed by atoms with Crippen molar-refractivity contribution >= 4 is 17.8 Å². The second-order valence-electron chi connectivity index (χ2n) is 5.00. The maximum absolute atomic E-state index is 12.0. The zero-order valence-electron chi connectivity index (χ0n) is 10.7. The predicted octanol–water partition coefficient (Wildman–Crippen LogP) is 0.0729. The van der Waals surface area contributed by atoms with E-state index in [9.17, 15) is 19.5 Å². The van der Waals surface area contributed by atoms with Gasteiger partial charge in [0.1, 0.15) is 5.54 Å². The number of carbonyl (C=O) groups is 3. The number of hydrogen-bond acceptors (Lipinski definition) is 4. The van der Waals surface area contributed by atoms with Gasteiger partial charge >= 0.3 is 5.97 Å². The van der Waals surface area contributed by atoms with Gasteiger partial charge in [0.05, 0.1) is 12.5 Å². The van der Waals surface area contributed by atoms with Gasteiger partial charge < -0.3 is 5.11 Å².